The van der Waals surface area contributed by atoms with Crippen LogP contribution in [0.1, 0.15) is 16.6 Å². The van der Waals surface area contributed by atoms with Gasteiger partial charge in [0.1, 0.15) is 15.8 Å². The summed E-state index contributed by atoms with van der Waals surface area (Å²) in [7, 11) is -1.86. The zero-order chi connectivity index (χ0) is 17.4. The summed E-state index contributed by atoms with van der Waals surface area (Å²) in [5, 5.41) is 9.42. The zero-order valence-electron chi connectivity index (χ0n) is 12.6. The molecule has 0 saturated carbocycles. The van der Waals surface area contributed by atoms with Gasteiger partial charge in [-0.25, -0.2) is 13.2 Å². The fourth-order valence-corrected chi connectivity index (χ4v) is 5.10. The Hall–Kier alpha value is -1.97. The maximum atomic E-state index is 12.9. The normalized spacial score (nSPS) is 13.2. The van der Waals surface area contributed by atoms with Gasteiger partial charge in [-0.1, -0.05) is 18.2 Å². The largest absolute Gasteiger partial charge is 0.480 e. The summed E-state index contributed by atoms with van der Waals surface area (Å²) in [6, 6.07) is 5.36. The van der Waals surface area contributed by atoms with Crippen LogP contribution in [0.4, 0.5) is 0 Å². The Kier molecular flexibility index (Phi) is 4.73. The van der Waals surface area contributed by atoms with Crippen molar-refractivity contribution in [3.05, 3.63) is 29.1 Å². The second-order valence-electron chi connectivity index (χ2n) is 4.78. The average Bonchev–Trinajstić information content (AvgIpc) is 2.92. The fourth-order valence-electron chi connectivity index (χ4n) is 2.01. The molecule has 124 valence electrons. The standard InChI is InChI=1S/C14H15NO6S2/c1-8(13(16)17)15(2)23(19,20)12-9-6-4-5-7-10(9)22-11(12)14(18)21-3/h4-8H,1-3H3,(H,16,17). The van der Waals surface area contributed by atoms with E-state index in [1.165, 1.54) is 14.0 Å². The third kappa shape index (κ3) is 2.94. The van der Waals surface area contributed by atoms with Crippen LogP contribution in [0.2, 0.25) is 0 Å². The van der Waals surface area contributed by atoms with Crippen LogP contribution < -0.4 is 0 Å². The van der Waals surface area contributed by atoms with Crippen molar-refractivity contribution in [2.45, 2.75) is 17.9 Å². The van der Waals surface area contributed by atoms with E-state index in [0.29, 0.717) is 10.1 Å². The number of fused-ring (bicyclic) bond motifs is 1. The van der Waals surface area contributed by atoms with Gasteiger partial charge in [0.25, 0.3) is 0 Å². The van der Waals surface area contributed by atoms with Crippen molar-refractivity contribution in [3.8, 4) is 0 Å². The SMILES string of the molecule is COC(=O)c1sc2ccccc2c1S(=O)(=O)N(C)C(C)C(=O)O. The fraction of sp³-hybridized carbons (Fsp3) is 0.286. The van der Waals surface area contributed by atoms with Gasteiger partial charge in [-0.15, -0.1) is 11.3 Å². The number of carboxylic acid groups (broad SMARTS) is 1. The topological polar surface area (TPSA) is 101 Å². The molecule has 0 aliphatic carbocycles. The number of benzene rings is 1. The van der Waals surface area contributed by atoms with Crippen LogP contribution >= 0.6 is 11.3 Å². The molecule has 23 heavy (non-hydrogen) atoms. The molecule has 9 heteroatoms. The number of likely N-dealkylation sites (N-methyl/N-ethyl adjacent to an activating group) is 1. The van der Waals surface area contributed by atoms with Gasteiger partial charge in [0.15, 0.2) is 0 Å². The first-order valence-electron chi connectivity index (χ1n) is 6.52. The van der Waals surface area contributed by atoms with E-state index in [-0.39, 0.29) is 9.77 Å². The molecule has 1 heterocycles. The molecule has 0 fully saturated rings. The lowest BCUT2D eigenvalue weighted by Crippen LogP contribution is -2.40. The van der Waals surface area contributed by atoms with Crippen LogP contribution in [0.5, 0.6) is 0 Å². The minimum atomic E-state index is -4.19. The Morgan fingerprint density at radius 1 is 1.30 bits per heavy atom. The van der Waals surface area contributed by atoms with Crippen molar-refractivity contribution in [2.75, 3.05) is 14.2 Å². The van der Waals surface area contributed by atoms with Crippen molar-refractivity contribution in [2.24, 2.45) is 0 Å². The van der Waals surface area contributed by atoms with Crippen molar-refractivity contribution in [3.63, 3.8) is 0 Å². The van der Waals surface area contributed by atoms with Gasteiger partial charge in [-0.3, -0.25) is 4.79 Å². The van der Waals surface area contributed by atoms with E-state index in [1.807, 2.05) is 0 Å². The third-order valence-corrected chi connectivity index (χ3v) is 6.76. The van der Waals surface area contributed by atoms with Crippen molar-refractivity contribution < 1.29 is 27.9 Å². The molecule has 2 aromatic rings. The molecule has 2 rings (SSSR count). The number of hydrogen-bond acceptors (Lipinski definition) is 6. The smallest absolute Gasteiger partial charge is 0.349 e. The highest BCUT2D eigenvalue weighted by Gasteiger charge is 2.35. The summed E-state index contributed by atoms with van der Waals surface area (Å²) in [6.07, 6.45) is 0. The summed E-state index contributed by atoms with van der Waals surface area (Å²) in [5.74, 6) is -2.06. The number of carbonyl (C=O) groups is 2. The highest BCUT2D eigenvalue weighted by atomic mass is 32.2. The van der Waals surface area contributed by atoms with Crippen LogP contribution in [-0.2, 0) is 19.6 Å². The first kappa shape index (κ1) is 17.4. The third-order valence-electron chi connectivity index (χ3n) is 3.46. The quantitative estimate of drug-likeness (QED) is 0.819. The summed E-state index contributed by atoms with van der Waals surface area (Å²) in [4.78, 5) is 22.8. The number of sulfonamides is 1. The number of rotatable bonds is 5. The maximum absolute atomic E-state index is 12.9. The number of thiophene rings is 1. The second kappa shape index (κ2) is 6.26. The van der Waals surface area contributed by atoms with E-state index < -0.39 is 28.0 Å². The number of hydrogen-bond donors (Lipinski definition) is 1. The summed E-state index contributed by atoms with van der Waals surface area (Å²) in [6.45, 7) is 1.26. The highest BCUT2D eigenvalue weighted by molar-refractivity contribution is 7.89. The zero-order valence-corrected chi connectivity index (χ0v) is 14.3. The van der Waals surface area contributed by atoms with Crippen LogP contribution in [0.15, 0.2) is 29.2 Å². The Balaban J connectivity index is 2.75. The Morgan fingerprint density at radius 3 is 2.48 bits per heavy atom. The van der Waals surface area contributed by atoms with E-state index in [2.05, 4.69) is 4.74 Å². The minimum absolute atomic E-state index is 0.0712. The molecule has 7 nitrogen and oxygen atoms in total. The maximum Gasteiger partial charge on any atom is 0.349 e. The van der Waals surface area contributed by atoms with Crippen molar-refractivity contribution >= 4 is 43.4 Å². The van der Waals surface area contributed by atoms with Crippen LogP contribution in [-0.4, -0.2) is 50.0 Å². The highest BCUT2D eigenvalue weighted by Crippen LogP contribution is 2.36. The Labute approximate surface area is 137 Å². The van der Waals surface area contributed by atoms with E-state index in [1.54, 1.807) is 24.3 Å². The molecule has 1 aromatic heterocycles. The first-order chi connectivity index (χ1) is 10.7. The van der Waals surface area contributed by atoms with E-state index >= 15 is 0 Å². The molecule has 0 radical (unpaired) electrons. The average molecular weight is 357 g/mol. The first-order valence-corrected chi connectivity index (χ1v) is 8.78. The van der Waals surface area contributed by atoms with Gasteiger partial charge in [0.2, 0.25) is 10.0 Å². The molecule has 0 bridgehead atoms. The van der Waals surface area contributed by atoms with Crippen molar-refractivity contribution in [1.82, 2.24) is 4.31 Å². The molecule has 0 amide bonds. The lowest BCUT2D eigenvalue weighted by Gasteiger charge is -2.21. The number of nitrogens with zero attached hydrogens (tertiary/aromatic N) is 1. The predicted molar refractivity (Wildman–Crippen MR) is 85.2 cm³/mol. The van der Waals surface area contributed by atoms with E-state index in [9.17, 15) is 18.0 Å². The molecule has 1 atom stereocenters. The summed E-state index contributed by atoms with van der Waals surface area (Å²) < 4.78 is 31.7. The summed E-state index contributed by atoms with van der Waals surface area (Å²) in [5.41, 5.74) is 0. The number of methoxy groups -OCH3 is 1. The predicted octanol–water partition coefficient (Wildman–Crippen LogP) is 1.78. The minimum Gasteiger partial charge on any atom is -0.480 e. The lowest BCUT2D eigenvalue weighted by atomic mass is 10.2. The molecule has 1 N–H and O–H groups in total. The number of carboxylic acids is 1. The van der Waals surface area contributed by atoms with Crippen LogP contribution in [0.25, 0.3) is 10.1 Å². The number of aliphatic carboxylic acids is 1. The van der Waals surface area contributed by atoms with Gasteiger partial charge < -0.3 is 9.84 Å². The molecule has 0 saturated heterocycles. The Morgan fingerprint density at radius 2 is 1.91 bits per heavy atom. The van der Waals surface area contributed by atoms with Gasteiger partial charge in [0.05, 0.1) is 7.11 Å². The molecular weight excluding hydrogens is 342 g/mol. The summed E-state index contributed by atoms with van der Waals surface area (Å²) >= 11 is 0.993. The second-order valence-corrected chi connectivity index (χ2v) is 7.77. The molecule has 0 spiro atoms. The molecule has 1 unspecified atom stereocenters. The van der Waals surface area contributed by atoms with Gasteiger partial charge in [0, 0.05) is 17.1 Å². The molecular formula is C14H15NO6S2. The van der Waals surface area contributed by atoms with Crippen molar-refractivity contribution in [1.29, 1.82) is 0 Å². The van der Waals surface area contributed by atoms with Crippen LogP contribution in [0, 0.1) is 0 Å². The Bertz CT molecular complexity index is 871. The number of carbonyl (C=O) groups excluding carboxylic acids is 1. The van der Waals surface area contributed by atoms with Gasteiger partial charge in [-0.05, 0) is 13.0 Å². The van der Waals surface area contributed by atoms with E-state index in [0.717, 1.165) is 22.8 Å². The van der Waals surface area contributed by atoms with Gasteiger partial charge >= 0.3 is 11.9 Å². The number of esters is 1. The lowest BCUT2D eigenvalue weighted by molar-refractivity contribution is -0.140. The number of ether oxygens (including phenoxy) is 1. The van der Waals surface area contributed by atoms with Crippen LogP contribution in [0.3, 0.4) is 0 Å². The monoisotopic (exact) mass is 357 g/mol. The molecule has 0 aliphatic rings. The van der Waals surface area contributed by atoms with Gasteiger partial charge in [-0.2, -0.15) is 4.31 Å². The van der Waals surface area contributed by atoms with E-state index in [4.69, 9.17) is 5.11 Å². The molecule has 0 aliphatic heterocycles. The molecule has 1 aromatic carbocycles.